The molecule has 2 aliphatic heterocycles. The Bertz CT molecular complexity index is 754. The van der Waals surface area contributed by atoms with Gasteiger partial charge in [0.15, 0.2) is 0 Å². The van der Waals surface area contributed by atoms with E-state index in [1.807, 2.05) is 11.0 Å². The van der Waals surface area contributed by atoms with Crippen LogP contribution in [0.25, 0.3) is 10.9 Å². The lowest BCUT2D eigenvalue weighted by Gasteiger charge is -2.30. The molecule has 2 aliphatic rings. The second-order valence-electron chi connectivity index (χ2n) is 7.12. The third kappa shape index (κ3) is 2.45. The Morgan fingerprint density at radius 2 is 2.04 bits per heavy atom. The van der Waals surface area contributed by atoms with E-state index >= 15 is 0 Å². The zero-order valence-electron chi connectivity index (χ0n) is 14.1. The fourth-order valence-corrected chi connectivity index (χ4v) is 4.04. The summed E-state index contributed by atoms with van der Waals surface area (Å²) in [5.74, 6) is 0.939. The average Bonchev–Trinajstić information content (AvgIpc) is 2.88. The van der Waals surface area contributed by atoms with Gasteiger partial charge in [-0.2, -0.15) is 0 Å². The number of piperidine rings is 1. The van der Waals surface area contributed by atoms with Gasteiger partial charge in [0.25, 0.3) is 5.91 Å². The molecule has 0 saturated carbocycles. The fraction of sp³-hybridized carbons (Fsp3) is 0.526. The summed E-state index contributed by atoms with van der Waals surface area (Å²) in [6.07, 6.45) is 3.31. The van der Waals surface area contributed by atoms with Crippen molar-refractivity contribution in [2.24, 2.45) is 13.0 Å². The van der Waals surface area contributed by atoms with E-state index in [9.17, 15) is 4.79 Å². The van der Waals surface area contributed by atoms with Crippen LogP contribution in [0, 0.1) is 5.92 Å². The number of amides is 1. The highest BCUT2D eigenvalue weighted by Crippen LogP contribution is 2.29. The molecule has 1 N–H and O–H groups in total. The largest absolute Gasteiger partial charge is 0.347 e. The maximum atomic E-state index is 12.8. The second-order valence-corrected chi connectivity index (χ2v) is 7.12. The van der Waals surface area contributed by atoms with Crippen LogP contribution in [-0.4, -0.2) is 35.0 Å². The number of aryl methyl sites for hydroxylation is 1. The van der Waals surface area contributed by atoms with Gasteiger partial charge in [0, 0.05) is 61.8 Å². The van der Waals surface area contributed by atoms with Crippen molar-refractivity contribution in [2.45, 2.75) is 32.7 Å². The first-order chi connectivity index (χ1) is 11.1. The quantitative estimate of drug-likeness (QED) is 0.879. The van der Waals surface area contributed by atoms with Gasteiger partial charge in [0.05, 0.1) is 0 Å². The van der Waals surface area contributed by atoms with E-state index in [1.165, 1.54) is 22.2 Å². The van der Waals surface area contributed by atoms with Crippen molar-refractivity contribution in [2.75, 3.05) is 19.6 Å². The van der Waals surface area contributed by atoms with Crippen LogP contribution in [0.5, 0.6) is 0 Å². The molecular formula is C19H25N3O. The Morgan fingerprint density at radius 1 is 1.26 bits per heavy atom. The Hall–Kier alpha value is -1.81. The van der Waals surface area contributed by atoms with Crippen molar-refractivity contribution in [1.82, 2.24) is 14.8 Å². The molecule has 0 unspecified atom stereocenters. The number of nitrogens with zero attached hydrogens (tertiary/aromatic N) is 2. The van der Waals surface area contributed by atoms with E-state index in [0.29, 0.717) is 0 Å². The van der Waals surface area contributed by atoms with E-state index in [4.69, 9.17) is 0 Å². The van der Waals surface area contributed by atoms with Crippen LogP contribution in [0.4, 0.5) is 0 Å². The minimum Gasteiger partial charge on any atom is -0.347 e. The minimum absolute atomic E-state index is 0.195. The van der Waals surface area contributed by atoms with Gasteiger partial charge in [-0.25, -0.2) is 0 Å². The lowest BCUT2D eigenvalue weighted by Crippen LogP contribution is -2.37. The third-order valence-corrected chi connectivity index (χ3v) is 5.59. The predicted molar refractivity (Wildman–Crippen MR) is 92.6 cm³/mol. The molecule has 3 heterocycles. The van der Waals surface area contributed by atoms with Gasteiger partial charge in [0.1, 0.15) is 0 Å². The van der Waals surface area contributed by atoms with Crippen LogP contribution >= 0.6 is 0 Å². The van der Waals surface area contributed by atoms with E-state index in [1.54, 1.807) is 0 Å². The van der Waals surface area contributed by atoms with Crippen molar-refractivity contribution in [3.05, 3.63) is 35.0 Å². The number of hydrogen-bond donors (Lipinski definition) is 1. The summed E-state index contributed by atoms with van der Waals surface area (Å²) < 4.78 is 2.29. The van der Waals surface area contributed by atoms with E-state index in [2.05, 4.69) is 36.0 Å². The highest BCUT2D eigenvalue weighted by molar-refractivity contribution is 5.99. The van der Waals surface area contributed by atoms with Gasteiger partial charge < -0.3 is 14.8 Å². The molecule has 0 bridgehead atoms. The van der Waals surface area contributed by atoms with Crippen LogP contribution in [-0.2, 0) is 20.0 Å². The molecule has 4 nitrogen and oxygen atoms in total. The zero-order chi connectivity index (χ0) is 16.0. The first-order valence-corrected chi connectivity index (χ1v) is 8.75. The predicted octanol–water partition coefficient (Wildman–Crippen LogP) is 2.70. The molecule has 1 aromatic carbocycles. The van der Waals surface area contributed by atoms with E-state index in [0.717, 1.165) is 56.9 Å². The number of nitrogens with one attached hydrogen (secondary N) is 1. The maximum absolute atomic E-state index is 12.8. The monoisotopic (exact) mass is 311 g/mol. The van der Waals surface area contributed by atoms with Gasteiger partial charge in [0.2, 0.25) is 0 Å². The van der Waals surface area contributed by atoms with Crippen LogP contribution < -0.4 is 5.32 Å². The molecule has 1 amide bonds. The van der Waals surface area contributed by atoms with Gasteiger partial charge in [-0.1, -0.05) is 6.92 Å². The number of fused-ring (bicyclic) bond motifs is 3. The normalized spacial score (nSPS) is 19.1. The average molecular weight is 311 g/mol. The van der Waals surface area contributed by atoms with Crippen LogP contribution in [0.1, 0.15) is 41.4 Å². The molecule has 2 aromatic rings. The second kappa shape index (κ2) is 5.68. The molecule has 0 spiro atoms. The topological polar surface area (TPSA) is 37.3 Å². The van der Waals surface area contributed by atoms with Gasteiger partial charge >= 0.3 is 0 Å². The summed E-state index contributed by atoms with van der Waals surface area (Å²) in [5, 5.41) is 4.70. The fourth-order valence-electron chi connectivity index (χ4n) is 4.04. The SMILES string of the molecule is CC1CCN(C(=O)c2ccc3c(c2)c2c(n3C)CCNC2)CC1. The summed E-state index contributed by atoms with van der Waals surface area (Å²) in [6, 6.07) is 6.23. The Labute approximate surface area is 137 Å². The van der Waals surface area contributed by atoms with Crippen LogP contribution in [0.15, 0.2) is 18.2 Å². The molecule has 0 radical (unpaired) electrons. The van der Waals surface area contributed by atoms with Crippen LogP contribution in [0.2, 0.25) is 0 Å². The first-order valence-electron chi connectivity index (χ1n) is 8.75. The maximum Gasteiger partial charge on any atom is 0.253 e. The number of rotatable bonds is 1. The number of benzene rings is 1. The lowest BCUT2D eigenvalue weighted by atomic mass is 9.98. The number of carbonyl (C=O) groups excluding carboxylic acids is 1. The van der Waals surface area contributed by atoms with Gasteiger partial charge in [-0.05, 0) is 42.5 Å². The Kier molecular flexibility index (Phi) is 3.64. The molecule has 4 heteroatoms. The van der Waals surface area contributed by atoms with Crippen molar-refractivity contribution in [3.63, 3.8) is 0 Å². The van der Waals surface area contributed by atoms with Crippen molar-refractivity contribution in [3.8, 4) is 0 Å². The molecule has 4 rings (SSSR count). The minimum atomic E-state index is 0.195. The molecule has 1 saturated heterocycles. The molecule has 122 valence electrons. The summed E-state index contributed by atoms with van der Waals surface area (Å²) in [4.78, 5) is 14.9. The summed E-state index contributed by atoms with van der Waals surface area (Å²) >= 11 is 0. The number of hydrogen-bond acceptors (Lipinski definition) is 2. The van der Waals surface area contributed by atoms with E-state index < -0.39 is 0 Å². The van der Waals surface area contributed by atoms with Gasteiger partial charge in [-0.3, -0.25) is 4.79 Å². The summed E-state index contributed by atoms with van der Waals surface area (Å²) in [5.41, 5.74) is 4.86. The number of aromatic nitrogens is 1. The van der Waals surface area contributed by atoms with Crippen molar-refractivity contribution >= 4 is 16.8 Å². The Balaban J connectivity index is 1.70. The molecule has 1 aromatic heterocycles. The highest BCUT2D eigenvalue weighted by atomic mass is 16.2. The molecule has 0 aliphatic carbocycles. The van der Waals surface area contributed by atoms with Gasteiger partial charge in [-0.15, -0.1) is 0 Å². The van der Waals surface area contributed by atoms with Crippen LogP contribution in [0.3, 0.4) is 0 Å². The Morgan fingerprint density at radius 3 is 2.83 bits per heavy atom. The standard InChI is InChI=1S/C19H25N3O/c1-13-6-9-22(10-7-13)19(23)14-3-4-17-15(11-14)16-12-20-8-5-18(16)21(17)2/h3-4,11,13,20H,5-10,12H2,1-2H3. The summed E-state index contributed by atoms with van der Waals surface area (Å²) in [6.45, 7) is 6.01. The molecule has 0 atom stereocenters. The highest BCUT2D eigenvalue weighted by Gasteiger charge is 2.23. The smallest absolute Gasteiger partial charge is 0.253 e. The zero-order valence-corrected chi connectivity index (χ0v) is 14.1. The summed E-state index contributed by atoms with van der Waals surface area (Å²) in [7, 11) is 2.14. The first kappa shape index (κ1) is 14.8. The molecular weight excluding hydrogens is 286 g/mol. The van der Waals surface area contributed by atoms with E-state index in [-0.39, 0.29) is 5.91 Å². The van der Waals surface area contributed by atoms with Crippen molar-refractivity contribution < 1.29 is 4.79 Å². The molecule has 23 heavy (non-hydrogen) atoms. The number of carbonyl (C=O) groups is 1. The lowest BCUT2D eigenvalue weighted by molar-refractivity contribution is 0.0697. The number of likely N-dealkylation sites (tertiary alicyclic amines) is 1. The third-order valence-electron chi connectivity index (χ3n) is 5.59. The van der Waals surface area contributed by atoms with Crippen molar-refractivity contribution in [1.29, 1.82) is 0 Å². The molecule has 1 fully saturated rings.